The number of aliphatic hydroxyl groups excluding tert-OH is 1. The smallest absolute Gasteiger partial charge is 0.323 e. The first-order valence-electron chi connectivity index (χ1n) is 4.26. The Morgan fingerprint density at radius 1 is 1.25 bits per heavy atom. The van der Waals surface area contributed by atoms with Gasteiger partial charge >= 0.3 is 5.97 Å². The molecule has 7 heteroatoms. The number of aliphatic carboxylic acids is 1. The van der Waals surface area contributed by atoms with E-state index < -0.39 is 35.4 Å². The van der Waals surface area contributed by atoms with Crippen LogP contribution in [0.3, 0.4) is 0 Å². The Kier molecular flexibility index (Phi) is 3.21. The van der Waals surface area contributed by atoms with E-state index >= 15 is 0 Å². The number of aliphatic hydroxyl groups is 1. The zero-order valence-corrected chi connectivity index (χ0v) is 8.03. The highest BCUT2D eigenvalue weighted by molar-refractivity contribution is 5.74. The molecule has 0 saturated carbocycles. The highest BCUT2D eigenvalue weighted by Crippen LogP contribution is 2.37. The lowest BCUT2D eigenvalue weighted by Gasteiger charge is -2.17. The lowest BCUT2D eigenvalue weighted by molar-refractivity contribution is -0.141. The second-order valence-corrected chi connectivity index (χ2v) is 3.21. The van der Waals surface area contributed by atoms with Crippen LogP contribution in [0.5, 0.6) is 17.2 Å². The van der Waals surface area contributed by atoms with E-state index in [4.69, 9.17) is 21.1 Å². The van der Waals surface area contributed by atoms with Crippen molar-refractivity contribution in [3.8, 4) is 17.2 Å². The highest BCUT2D eigenvalue weighted by Gasteiger charge is 2.27. The number of phenolic OH excluding ortho intramolecular Hbond substituents is 3. The Balaban J connectivity index is 3.17. The second kappa shape index (κ2) is 4.25. The SMILES string of the molecule is NC(C(=O)O)C(O)c1cc(O)cc(O)c1O. The van der Waals surface area contributed by atoms with Gasteiger partial charge in [0.1, 0.15) is 17.9 Å². The molecule has 0 radical (unpaired) electrons. The maximum Gasteiger partial charge on any atom is 0.323 e. The molecule has 2 unspecified atom stereocenters. The van der Waals surface area contributed by atoms with Crippen molar-refractivity contribution in [2.45, 2.75) is 12.1 Å². The first-order valence-corrected chi connectivity index (χ1v) is 4.26. The molecule has 0 aromatic heterocycles. The molecule has 0 aliphatic carbocycles. The molecule has 16 heavy (non-hydrogen) atoms. The van der Waals surface area contributed by atoms with Crippen LogP contribution in [0.25, 0.3) is 0 Å². The summed E-state index contributed by atoms with van der Waals surface area (Å²) in [6.07, 6.45) is -1.74. The average Bonchev–Trinajstić information content (AvgIpc) is 2.21. The number of carboxylic acids is 1. The molecule has 7 N–H and O–H groups in total. The van der Waals surface area contributed by atoms with E-state index in [9.17, 15) is 15.0 Å². The van der Waals surface area contributed by atoms with Crippen molar-refractivity contribution in [2.75, 3.05) is 0 Å². The molecule has 88 valence electrons. The topological polar surface area (TPSA) is 144 Å². The molecule has 1 aromatic rings. The van der Waals surface area contributed by atoms with E-state index in [1.807, 2.05) is 0 Å². The van der Waals surface area contributed by atoms with Crippen molar-refractivity contribution in [1.82, 2.24) is 0 Å². The van der Waals surface area contributed by atoms with E-state index in [2.05, 4.69) is 0 Å². The van der Waals surface area contributed by atoms with Crippen LogP contribution in [-0.4, -0.2) is 37.5 Å². The van der Waals surface area contributed by atoms with Crippen LogP contribution in [0, 0.1) is 0 Å². The summed E-state index contributed by atoms with van der Waals surface area (Å²) in [7, 11) is 0. The second-order valence-electron chi connectivity index (χ2n) is 3.21. The van der Waals surface area contributed by atoms with Crippen LogP contribution in [0.1, 0.15) is 11.7 Å². The van der Waals surface area contributed by atoms with Gasteiger partial charge in [0, 0.05) is 11.6 Å². The number of phenols is 3. The van der Waals surface area contributed by atoms with Gasteiger partial charge in [0.2, 0.25) is 0 Å². The molecule has 0 spiro atoms. The summed E-state index contributed by atoms with van der Waals surface area (Å²) in [5, 5.41) is 45.7. The van der Waals surface area contributed by atoms with E-state index in [1.165, 1.54) is 0 Å². The fraction of sp³-hybridized carbons (Fsp3) is 0.222. The normalized spacial score (nSPS) is 14.4. The number of carboxylic acid groups (broad SMARTS) is 1. The van der Waals surface area contributed by atoms with E-state index in [-0.39, 0.29) is 5.56 Å². The summed E-state index contributed by atoms with van der Waals surface area (Å²) >= 11 is 0. The number of aromatic hydroxyl groups is 3. The van der Waals surface area contributed by atoms with E-state index in [0.29, 0.717) is 0 Å². The molecule has 0 amide bonds. The van der Waals surface area contributed by atoms with Crippen LogP contribution in [0.15, 0.2) is 12.1 Å². The van der Waals surface area contributed by atoms with Gasteiger partial charge < -0.3 is 31.3 Å². The van der Waals surface area contributed by atoms with Crippen molar-refractivity contribution in [1.29, 1.82) is 0 Å². The monoisotopic (exact) mass is 229 g/mol. The number of benzene rings is 1. The summed E-state index contributed by atoms with van der Waals surface area (Å²) in [5.74, 6) is -3.30. The number of rotatable bonds is 3. The van der Waals surface area contributed by atoms with Crippen molar-refractivity contribution >= 4 is 5.97 Å². The molecule has 1 rings (SSSR count). The Hall–Kier alpha value is -1.99. The van der Waals surface area contributed by atoms with Crippen LogP contribution in [0.2, 0.25) is 0 Å². The molecule has 0 fully saturated rings. The zero-order valence-electron chi connectivity index (χ0n) is 8.03. The minimum atomic E-state index is -1.74. The molecule has 2 atom stereocenters. The number of hydrogen-bond acceptors (Lipinski definition) is 6. The maximum atomic E-state index is 10.5. The fourth-order valence-corrected chi connectivity index (χ4v) is 1.18. The van der Waals surface area contributed by atoms with Crippen LogP contribution < -0.4 is 5.73 Å². The minimum Gasteiger partial charge on any atom is -0.508 e. The van der Waals surface area contributed by atoms with Crippen molar-refractivity contribution in [3.63, 3.8) is 0 Å². The molecular formula is C9H11NO6. The van der Waals surface area contributed by atoms with Gasteiger partial charge in [-0.3, -0.25) is 4.79 Å². The Bertz CT molecular complexity index is 419. The molecule has 0 aliphatic heterocycles. The number of hydrogen-bond donors (Lipinski definition) is 6. The van der Waals surface area contributed by atoms with Crippen molar-refractivity contribution in [3.05, 3.63) is 17.7 Å². The number of carbonyl (C=O) groups is 1. The first-order chi connectivity index (χ1) is 7.34. The molecular weight excluding hydrogens is 218 g/mol. The van der Waals surface area contributed by atoms with Gasteiger partial charge in [0.15, 0.2) is 11.5 Å². The van der Waals surface area contributed by atoms with Crippen molar-refractivity contribution < 1.29 is 30.3 Å². The Morgan fingerprint density at radius 2 is 1.81 bits per heavy atom. The van der Waals surface area contributed by atoms with Gasteiger partial charge in [-0.1, -0.05) is 0 Å². The largest absolute Gasteiger partial charge is 0.508 e. The van der Waals surface area contributed by atoms with Gasteiger partial charge in [-0.05, 0) is 6.07 Å². The Morgan fingerprint density at radius 3 is 2.31 bits per heavy atom. The summed E-state index contributed by atoms with van der Waals surface area (Å²) in [5.41, 5.74) is 4.78. The maximum absolute atomic E-state index is 10.5. The molecule has 0 bridgehead atoms. The Labute approximate surface area is 90.0 Å². The summed E-state index contributed by atoms with van der Waals surface area (Å²) in [6, 6.07) is 0.0903. The lowest BCUT2D eigenvalue weighted by atomic mass is 10.0. The molecule has 0 aliphatic rings. The van der Waals surface area contributed by atoms with Crippen LogP contribution >= 0.6 is 0 Å². The van der Waals surface area contributed by atoms with Crippen molar-refractivity contribution in [2.24, 2.45) is 5.73 Å². The van der Waals surface area contributed by atoms with E-state index in [0.717, 1.165) is 12.1 Å². The molecule has 1 aromatic carbocycles. The quantitative estimate of drug-likeness (QED) is 0.295. The third kappa shape index (κ3) is 2.15. The van der Waals surface area contributed by atoms with Gasteiger partial charge in [0.05, 0.1) is 0 Å². The summed E-state index contributed by atoms with van der Waals surface area (Å²) in [6.45, 7) is 0. The van der Waals surface area contributed by atoms with Gasteiger partial charge in [0.25, 0.3) is 0 Å². The minimum absolute atomic E-state index is 0.354. The molecule has 0 heterocycles. The molecule has 7 nitrogen and oxygen atoms in total. The fourth-order valence-electron chi connectivity index (χ4n) is 1.18. The van der Waals surface area contributed by atoms with Crippen LogP contribution in [0.4, 0.5) is 0 Å². The van der Waals surface area contributed by atoms with Gasteiger partial charge in [-0.15, -0.1) is 0 Å². The highest BCUT2D eigenvalue weighted by atomic mass is 16.4. The zero-order chi connectivity index (χ0) is 12.5. The predicted octanol–water partition coefficient (Wildman–Crippen LogP) is -0.751. The van der Waals surface area contributed by atoms with Gasteiger partial charge in [-0.25, -0.2) is 0 Å². The standard InChI is InChI=1S/C9H11NO6/c10-6(9(15)16)8(14)4-1-3(11)2-5(12)7(4)13/h1-2,6,8,11-14H,10H2,(H,15,16). The van der Waals surface area contributed by atoms with Crippen LogP contribution in [-0.2, 0) is 4.79 Å². The molecule has 0 saturated heterocycles. The van der Waals surface area contributed by atoms with Gasteiger partial charge in [-0.2, -0.15) is 0 Å². The number of nitrogens with two attached hydrogens (primary N) is 1. The predicted molar refractivity (Wildman–Crippen MR) is 52.0 cm³/mol. The summed E-state index contributed by atoms with van der Waals surface area (Å²) in [4.78, 5) is 10.5. The summed E-state index contributed by atoms with van der Waals surface area (Å²) < 4.78 is 0. The first kappa shape index (κ1) is 12.1. The third-order valence-electron chi connectivity index (χ3n) is 2.05. The lowest BCUT2D eigenvalue weighted by Crippen LogP contribution is -2.36. The van der Waals surface area contributed by atoms with E-state index in [1.54, 1.807) is 0 Å². The third-order valence-corrected chi connectivity index (χ3v) is 2.05. The average molecular weight is 229 g/mol.